The molecule has 1 nitrogen and oxygen atoms in total. The van der Waals surface area contributed by atoms with Gasteiger partial charge >= 0.3 is 0 Å². The topological polar surface area (TPSA) is 12.0 Å². The molecule has 0 spiro atoms. The van der Waals surface area contributed by atoms with Gasteiger partial charge in [0.05, 0.1) is 0 Å². The van der Waals surface area contributed by atoms with E-state index in [1.807, 2.05) is 0 Å². The molecule has 20 heavy (non-hydrogen) atoms. The Hall–Kier alpha value is -1.76. The summed E-state index contributed by atoms with van der Waals surface area (Å²) in [6, 6.07) is 18.3. The lowest BCUT2D eigenvalue weighted by atomic mass is 9.74. The standard InChI is InChI=1S/C19H23N/c1-3-15-8-10-17(11-9-15)20-18-12-16(13-18)19-7-5-4-6-14(19)2/h4-11,16,18,20H,3,12-13H2,1-2H3. The van der Waals surface area contributed by atoms with Gasteiger partial charge in [0.25, 0.3) is 0 Å². The molecule has 1 heteroatoms. The van der Waals surface area contributed by atoms with Crippen molar-refractivity contribution in [1.82, 2.24) is 0 Å². The highest BCUT2D eigenvalue weighted by Gasteiger charge is 2.30. The molecule has 1 aliphatic carbocycles. The van der Waals surface area contributed by atoms with Crippen LogP contribution in [0, 0.1) is 6.92 Å². The molecule has 0 amide bonds. The maximum Gasteiger partial charge on any atom is 0.0342 e. The van der Waals surface area contributed by atoms with Crippen molar-refractivity contribution >= 4 is 5.69 Å². The lowest BCUT2D eigenvalue weighted by Gasteiger charge is -2.37. The maximum atomic E-state index is 3.65. The fraction of sp³-hybridized carbons (Fsp3) is 0.368. The van der Waals surface area contributed by atoms with Crippen molar-refractivity contribution in [3.05, 3.63) is 65.2 Å². The molecule has 1 saturated carbocycles. The minimum absolute atomic E-state index is 0.632. The van der Waals surface area contributed by atoms with Crippen molar-refractivity contribution in [3.63, 3.8) is 0 Å². The first kappa shape index (κ1) is 13.2. The van der Waals surface area contributed by atoms with Crippen LogP contribution in [-0.2, 0) is 6.42 Å². The highest BCUT2D eigenvalue weighted by Crippen LogP contribution is 2.39. The zero-order valence-corrected chi connectivity index (χ0v) is 12.4. The number of aryl methyl sites for hydroxylation is 2. The molecule has 0 heterocycles. The Balaban J connectivity index is 1.56. The number of nitrogens with one attached hydrogen (secondary N) is 1. The Morgan fingerprint density at radius 3 is 2.35 bits per heavy atom. The van der Waals surface area contributed by atoms with Crippen LogP contribution in [0.3, 0.4) is 0 Å². The summed E-state index contributed by atoms with van der Waals surface area (Å²) in [5.74, 6) is 0.739. The fourth-order valence-corrected chi connectivity index (χ4v) is 3.11. The maximum absolute atomic E-state index is 3.65. The second-order valence-corrected chi connectivity index (χ2v) is 5.92. The molecule has 0 atom stereocenters. The summed E-state index contributed by atoms with van der Waals surface area (Å²) in [6.07, 6.45) is 3.61. The molecule has 2 aromatic carbocycles. The molecule has 0 unspecified atom stereocenters. The highest BCUT2D eigenvalue weighted by atomic mass is 14.9. The predicted molar refractivity (Wildman–Crippen MR) is 86.4 cm³/mol. The van der Waals surface area contributed by atoms with Crippen molar-refractivity contribution in [2.45, 2.75) is 45.1 Å². The second-order valence-electron chi connectivity index (χ2n) is 5.92. The zero-order chi connectivity index (χ0) is 13.9. The lowest BCUT2D eigenvalue weighted by Crippen LogP contribution is -2.34. The summed E-state index contributed by atoms with van der Waals surface area (Å²) in [4.78, 5) is 0. The summed E-state index contributed by atoms with van der Waals surface area (Å²) in [5.41, 5.74) is 5.63. The van der Waals surface area contributed by atoms with Crippen molar-refractivity contribution in [3.8, 4) is 0 Å². The van der Waals surface area contributed by atoms with Crippen LogP contribution < -0.4 is 5.32 Å². The van der Waals surface area contributed by atoms with E-state index in [-0.39, 0.29) is 0 Å². The van der Waals surface area contributed by atoms with Gasteiger partial charge in [-0.25, -0.2) is 0 Å². The van der Waals surface area contributed by atoms with Gasteiger partial charge in [0.2, 0.25) is 0 Å². The van der Waals surface area contributed by atoms with Crippen molar-refractivity contribution < 1.29 is 0 Å². The zero-order valence-electron chi connectivity index (χ0n) is 12.4. The van der Waals surface area contributed by atoms with Gasteiger partial charge in [-0.2, -0.15) is 0 Å². The SMILES string of the molecule is CCc1ccc(NC2CC(c3ccccc3C)C2)cc1. The van der Waals surface area contributed by atoms with E-state index in [1.165, 1.54) is 35.2 Å². The Bertz CT molecular complexity index is 565. The van der Waals surface area contributed by atoms with Gasteiger partial charge in [0.1, 0.15) is 0 Å². The van der Waals surface area contributed by atoms with Crippen molar-refractivity contribution in [2.75, 3.05) is 5.32 Å². The van der Waals surface area contributed by atoms with Gasteiger partial charge in [0, 0.05) is 11.7 Å². The molecule has 3 rings (SSSR count). The average Bonchev–Trinajstić information content (AvgIpc) is 2.44. The van der Waals surface area contributed by atoms with Crippen LogP contribution in [0.5, 0.6) is 0 Å². The summed E-state index contributed by atoms with van der Waals surface area (Å²) < 4.78 is 0. The number of benzene rings is 2. The van der Waals surface area contributed by atoms with Crippen molar-refractivity contribution in [1.29, 1.82) is 0 Å². The number of anilines is 1. The van der Waals surface area contributed by atoms with E-state index in [4.69, 9.17) is 0 Å². The van der Waals surface area contributed by atoms with E-state index in [1.54, 1.807) is 0 Å². The minimum Gasteiger partial charge on any atom is -0.382 e. The summed E-state index contributed by atoms with van der Waals surface area (Å²) in [7, 11) is 0. The molecule has 1 fully saturated rings. The van der Waals surface area contributed by atoms with Gasteiger partial charge in [-0.1, -0.05) is 43.3 Å². The summed E-state index contributed by atoms with van der Waals surface area (Å²) in [5, 5.41) is 3.65. The van der Waals surface area contributed by atoms with Gasteiger partial charge in [-0.05, 0) is 60.9 Å². The van der Waals surface area contributed by atoms with E-state index >= 15 is 0 Å². The second kappa shape index (κ2) is 5.70. The largest absolute Gasteiger partial charge is 0.382 e. The van der Waals surface area contributed by atoms with Gasteiger partial charge in [-0.3, -0.25) is 0 Å². The summed E-state index contributed by atoms with van der Waals surface area (Å²) >= 11 is 0. The van der Waals surface area contributed by atoms with Gasteiger partial charge in [0.15, 0.2) is 0 Å². The first-order valence-corrected chi connectivity index (χ1v) is 7.67. The van der Waals surface area contributed by atoms with Crippen LogP contribution in [0.25, 0.3) is 0 Å². The number of rotatable bonds is 4. The number of hydrogen-bond acceptors (Lipinski definition) is 1. The fourth-order valence-electron chi connectivity index (χ4n) is 3.11. The van der Waals surface area contributed by atoms with E-state index in [2.05, 4.69) is 67.7 Å². The van der Waals surface area contributed by atoms with Crippen LogP contribution in [0.2, 0.25) is 0 Å². The Kier molecular flexibility index (Phi) is 3.77. The third-order valence-corrected chi connectivity index (χ3v) is 4.50. The van der Waals surface area contributed by atoms with Crippen LogP contribution in [0.15, 0.2) is 48.5 Å². The van der Waals surface area contributed by atoms with Gasteiger partial charge < -0.3 is 5.32 Å². The van der Waals surface area contributed by atoms with Crippen LogP contribution >= 0.6 is 0 Å². The quantitative estimate of drug-likeness (QED) is 0.827. The summed E-state index contributed by atoms with van der Waals surface area (Å²) in [6.45, 7) is 4.42. The lowest BCUT2D eigenvalue weighted by molar-refractivity contribution is 0.373. The molecule has 0 aliphatic heterocycles. The van der Waals surface area contributed by atoms with Crippen LogP contribution in [-0.4, -0.2) is 6.04 Å². The van der Waals surface area contributed by atoms with E-state index in [9.17, 15) is 0 Å². The molecule has 0 aromatic heterocycles. The van der Waals surface area contributed by atoms with E-state index in [0.29, 0.717) is 6.04 Å². The molecule has 0 saturated heterocycles. The molecule has 104 valence electrons. The van der Waals surface area contributed by atoms with Crippen LogP contribution in [0.1, 0.15) is 42.4 Å². The highest BCUT2D eigenvalue weighted by molar-refractivity contribution is 5.46. The van der Waals surface area contributed by atoms with Crippen LogP contribution in [0.4, 0.5) is 5.69 Å². The average molecular weight is 265 g/mol. The molecule has 1 N–H and O–H groups in total. The Morgan fingerprint density at radius 2 is 1.70 bits per heavy atom. The smallest absolute Gasteiger partial charge is 0.0342 e. The predicted octanol–water partition coefficient (Wildman–Crippen LogP) is 4.92. The van der Waals surface area contributed by atoms with Gasteiger partial charge in [-0.15, -0.1) is 0 Å². The monoisotopic (exact) mass is 265 g/mol. The molecule has 2 aromatic rings. The molecule has 0 bridgehead atoms. The first-order valence-electron chi connectivity index (χ1n) is 7.67. The first-order chi connectivity index (χ1) is 9.76. The molecular weight excluding hydrogens is 242 g/mol. The van der Waals surface area contributed by atoms with E-state index in [0.717, 1.165) is 12.3 Å². The normalized spacial score (nSPS) is 21.3. The Labute approximate surface area is 122 Å². The molecule has 1 aliphatic rings. The van der Waals surface area contributed by atoms with Crippen molar-refractivity contribution in [2.24, 2.45) is 0 Å². The third kappa shape index (κ3) is 2.72. The molecule has 0 radical (unpaired) electrons. The van der Waals surface area contributed by atoms with E-state index < -0.39 is 0 Å². The number of hydrogen-bond donors (Lipinski definition) is 1. The minimum atomic E-state index is 0.632. The molecular formula is C19H23N. The Morgan fingerprint density at radius 1 is 1.00 bits per heavy atom. The third-order valence-electron chi connectivity index (χ3n) is 4.50.